The summed E-state index contributed by atoms with van der Waals surface area (Å²) < 4.78 is 34.9. The second-order valence-corrected chi connectivity index (χ2v) is 9.75. The number of carbonyl (C=O) groups is 1. The number of aromatic hydroxyl groups is 1. The molecule has 5 rings (SSSR count). The van der Waals surface area contributed by atoms with E-state index in [2.05, 4.69) is 6.92 Å². The van der Waals surface area contributed by atoms with E-state index in [-0.39, 0.29) is 30.1 Å². The number of hydrogen-bond acceptors (Lipinski definition) is 8. The van der Waals surface area contributed by atoms with Gasteiger partial charge in [-0.15, -0.1) is 0 Å². The zero-order valence-electron chi connectivity index (χ0n) is 22.6. The molecule has 3 aromatic rings. The van der Waals surface area contributed by atoms with Crippen LogP contribution in [0.5, 0.6) is 34.5 Å². The van der Waals surface area contributed by atoms with Gasteiger partial charge in [-0.05, 0) is 41.7 Å². The zero-order chi connectivity index (χ0) is 27.7. The van der Waals surface area contributed by atoms with Crippen molar-refractivity contribution in [3.05, 3.63) is 65.2 Å². The van der Waals surface area contributed by atoms with Crippen LogP contribution in [0.2, 0.25) is 0 Å². The van der Waals surface area contributed by atoms with Gasteiger partial charge in [0.05, 0.1) is 21.3 Å². The Kier molecular flexibility index (Phi) is 7.28. The number of fused-ring (bicyclic) bond motifs is 4. The van der Waals surface area contributed by atoms with Crippen LogP contribution < -0.4 is 23.7 Å². The van der Waals surface area contributed by atoms with E-state index in [1.807, 2.05) is 43.3 Å². The van der Waals surface area contributed by atoms with E-state index >= 15 is 0 Å². The zero-order valence-corrected chi connectivity index (χ0v) is 22.6. The molecule has 1 aliphatic carbocycles. The van der Waals surface area contributed by atoms with Crippen LogP contribution in [0.1, 0.15) is 36.6 Å². The fourth-order valence-electron chi connectivity index (χ4n) is 5.39. The highest BCUT2D eigenvalue weighted by Crippen LogP contribution is 2.58. The average molecular weight is 533 g/mol. The van der Waals surface area contributed by atoms with Crippen molar-refractivity contribution < 1.29 is 38.3 Å². The molecule has 8 nitrogen and oxygen atoms in total. The smallest absolute Gasteiger partial charge is 0.331 e. The van der Waals surface area contributed by atoms with Crippen LogP contribution in [0.15, 0.2) is 48.5 Å². The normalized spacial score (nSPS) is 19.5. The number of methoxy groups -OCH3 is 3. The molecule has 0 aromatic heterocycles. The minimum absolute atomic E-state index is 0.0770. The lowest BCUT2D eigenvalue weighted by molar-refractivity contribution is -0.146. The molecule has 39 heavy (non-hydrogen) atoms. The van der Waals surface area contributed by atoms with E-state index in [1.165, 1.54) is 20.3 Å². The molecule has 1 N–H and O–H groups in total. The van der Waals surface area contributed by atoms with Crippen molar-refractivity contribution in [2.75, 3.05) is 28.1 Å². The first-order chi connectivity index (χ1) is 18.9. The van der Waals surface area contributed by atoms with Crippen molar-refractivity contribution in [3.63, 3.8) is 0 Å². The molecule has 3 aromatic carbocycles. The number of carbonyl (C=O) groups excluding carboxylic acids is 1. The first-order valence-electron chi connectivity index (χ1n) is 12.8. The van der Waals surface area contributed by atoms with Crippen LogP contribution in [0.3, 0.4) is 0 Å². The monoisotopic (exact) mass is 532 g/mol. The Morgan fingerprint density at radius 3 is 2.36 bits per heavy atom. The van der Waals surface area contributed by atoms with Crippen LogP contribution in [-0.2, 0) is 16.0 Å². The van der Waals surface area contributed by atoms with Gasteiger partial charge >= 0.3 is 5.97 Å². The quantitative estimate of drug-likeness (QED) is 0.308. The van der Waals surface area contributed by atoms with Crippen molar-refractivity contribution in [1.29, 1.82) is 0 Å². The van der Waals surface area contributed by atoms with E-state index in [0.29, 0.717) is 46.1 Å². The van der Waals surface area contributed by atoms with Gasteiger partial charge in [-0.2, -0.15) is 0 Å². The molecule has 3 atom stereocenters. The fourth-order valence-corrected chi connectivity index (χ4v) is 5.39. The second-order valence-electron chi connectivity index (χ2n) is 9.75. The van der Waals surface area contributed by atoms with E-state index in [9.17, 15) is 9.90 Å². The van der Waals surface area contributed by atoms with Gasteiger partial charge in [-0.1, -0.05) is 44.2 Å². The first-order valence-corrected chi connectivity index (χ1v) is 12.8. The molecule has 8 heteroatoms. The summed E-state index contributed by atoms with van der Waals surface area (Å²) in [6.45, 7) is 4.23. The third kappa shape index (κ3) is 4.71. The Labute approximate surface area is 227 Å². The standard InChI is InChI=1S/C31H32O8/c1-17-13-20-14-23-29(38-16-37-23)30(35-4)25(20)26-21(15-22(32)28(34-3)31(26)36-5)27(18(17)2)39-24(33)12-11-19-9-7-6-8-10-19/h6-12,14-15,17-18,27,32H,13,16H2,1-5H3/t17-,18-,27-/m1/s1. The molecular weight excluding hydrogens is 500 g/mol. The molecule has 1 aliphatic heterocycles. The molecular formula is C31H32O8. The topological polar surface area (TPSA) is 92.7 Å². The van der Waals surface area contributed by atoms with Gasteiger partial charge in [0.2, 0.25) is 18.3 Å². The summed E-state index contributed by atoms with van der Waals surface area (Å²) in [4.78, 5) is 13.1. The number of phenols is 1. The summed E-state index contributed by atoms with van der Waals surface area (Å²) in [5, 5.41) is 11.0. The predicted molar refractivity (Wildman–Crippen MR) is 146 cm³/mol. The molecule has 0 amide bonds. The lowest BCUT2D eigenvalue weighted by atomic mass is 9.76. The number of phenolic OH excluding ortho intramolecular Hbond substituents is 1. The van der Waals surface area contributed by atoms with Crippen molar-refractivity contribution in [1.82, 2.24) is 0 Å². The molecule has 0 bridgehead atoms. The van der Waals surface area contributed by atoms with Crippen molar-refractivity contribution in [2.24, 2.45) is 11.8 Å². The molecule has 0 radical (unpaired) electrons. The molecule has 0 unspecified atom stereocenters. The molecule has 1 heterocycles. The van der Waals surface area contributed by atoms with Crippen molar-refractivity contribution in [3.8, 4) is 45.6 Å². The third-order valence-electron chi connectivity index (χ3n) is 7.49. The minimum Gasteiger partial charge on any atom is -0.504 e. The largest absolute Gasteiger partial charge is 0.504 e. The summed E-state index contributed by atoms with van der Waals surface area (Å²) in [5.41, 5.74) is 3.72. The number of hydrogen-bond donors (Lipinski definition) is 1. The van der Waals surface area contributed by atoms with Crippen molar-refractivity contribution >= 4 is 12.0 Å². The van der Waals surface area contributed by atoms with Gasteiger partial charge in [0.15, 0.2) is 23.0 Å². The summed E-state index contributed by atoms with van der Waals surface area (Å²) in [6, 6.07) is 13.1. The Morgan fingerprint density at radius 1 is 0.949 bits per heavy atom. The van der Waals surface area contributed by atoms with Gasteiger partial charge in [0.1, 0.15) is 6.10 Å². The Morgan fingerprint density at radius 2 is 1.67 bits per heavy atom. The van der Waals surface area contributed by atoms with Crippen LogP contribution >= 0.6 is 0 Å². The van der Waals surface area contributed by atoms with Crippen LogP contribution in [0, 0.1) is 11.8 Å². The van der Waals surface area contributed by atoms with E-state index in [1.54, 1.807) is 19.3 Å². The highest BCUT2D eigenvalue weighted by atomic mass is 16.7. The Balaban J connectivity index is 1.72. The molecule has 0 saturated heterocycles. The summed E-state index contributed by atoms with van der Waals surface area (Å²) in [6.07, 6.45) is 3.06. The SMILES string of the molecule is COc1c(O)cc2c(c1OC)-c1c(cc3c(c1OC)OCO3)C[C@@H](C)[C@@H](C)[C@H]2OC(=O)C=Cc1ccccc1. The molecule has 0 saturated carbocycles. The van der Waals surface area contributed by atoms with Crippen molar-refractivity contribution in [2.45, 2.75) is 26.4 Å². The second kappa shape index (κ2) is 10.8. The number of ether oxygens (including phenoxy) is 6. The van der Waals surface area contributed by atoms with Gasteiger partial charge < -0.3 is 33.5 Å². The number of rotatable bonds is 6. The highest BCUT2D eigenvalue weighted by Gasteiger charge is 2.39. The molecule has 0 fully saturated rings. The maximum Gasteiger partial charge on any atom is 0.331 e. The lowest BCUT2D eigenvalue weighted by Crippen LogP contribution is -2.26. The minimum atomic E-state index is -0.711. The predicted octanol–water partition coefficient (Wildman–Crippen LogP) is 5.94. The number of esters is 1. The first kappa shape index (κ1) is 26.3. The highest BCUT2D eigenvalue weighted by molar-refractivity contribution is 5.90. The maximum atomic E-state index is 13.1. The maximum absolute atomic E-state index is 13.1. The summed E-state index contributed by atoms with van der Waals surface area (Å²) in [5.74, 6) is 1.35. The lowest BCUT2D eigenvalue weighted by Gasteiger charge is -2.35. The summed E-state index contributed by atoms with van der Waals surface area (Å²) >= 11 is 0. The van der Waals surface area contributed by atoms with Gasteiger partial charge in [0.25, 0.3) is 0 Å². The van der Waals surface area contributed by atoms with E-state index in [4.69, 9.17) is 28.4 Å². The average Bonchev–Trinajstić information content (AvgIpc) is 3.41. The van der Waals surface area contributed by atoms with Gasteiger partial charge in [0, 0.05) is 28.7 Å². The molecule has 2 aliphatic rings. The van der Waals surface area contributed by atoms with E-state index in [0.717, 1.165) is 11.1 Å². The van der Waals surface area contributed by atoms with Crippen LogP contribution in [0.25, 0.3) is 17.2 Å². The van der Waals surface area contributed by atoms with Crippen LogP contribution in [0.4, 0.5) is 0 Å². The van der Waals surface area contributed by atoms with Gasteiger partial charge in [-0.3, -0.25) is 0 Å². The van der Waals surface area contributed by atoms with Gasteiger partial charge in [-0.25, -0.2) is 4.79 Å². The van der Waals surface area contributed by atoms with Crippen LogP contribution in [-0.4, -0.2) is 39.2 Å². The fraction of sp³-hybridized carbons (Fsp3) is 0.323. The molecule has 204 valence electrons. The Bertz CT molecular complexity index is 1410. The number of benzene rings is 3. The third-order valence-corrected chi connectivity index (χ3v) is 7.49. The van der Waals surface area contributed by atoms with E-state index < -0.39 is 12.1 Å². The molecule has 0 spiro atoms. The summed E-state index contributed by atoms with van der Waals surface area (Å²) in [7, 11) is 4.53. The Hall–Kier alpha value is -4.33.